The average Bonchev–Trinajstić information content (AvgIpc) is 2.35. The highest BCUT2D eigenvalue weighted by Gasteiger charge is 2.31. The van der Waals surface area contributed by atoms with Crippen LogP contribution in [0.4, 0.5) is 19.0 Å². The number of aromatic nitrogens is 1. The Morgan fingerprint density at radius 3 is 2.43 bits per heavy atom. The van der Waals surface area contributed by atoms with Gasteiger partial charge in [-0.3, -0.25) is 0 Å². The van der Waals surface area contributed by atoms with E-state index in [2.05, 4.69) is 10.3 Å². The van der Waals surface area contributed by atoms with Crippen molar-refractivity contribution >= 4 is 5.82 Å². The highest BCUT2D eigenvalue weighted by Crippen LogP contribution is 2.22. The Kier molecular flexibility index (Phi) is 6.45. The SMILES string of the molecule is CCCN(CC(F)(F)F)c1ccc(CNC(C)C)c(C)n1. The zero-order valence-corrected chi connectivity index (χ0v) is 13.1. The van der Waals surface area contributed by atoms with Crippen LogP contribution in [-0.4, -0.2) is 30.3 Å². The van der Waals surface area contributed by atoms with Gasteiger partial charge in [-0.15, -0.1) is 0 Å². The number of nitrogens with one attached hydrogen (secondary N) is 1. The fraction of sp³-hybridized carbons (Fsp3) is 0.667. The molecule has 21 heavy (non-hydrogen) atoms. The summed E-state index contributed by atoms with van der Waals surface area (Å²) in [6.45, 7) is 7.83. The molecule has 1 rings (SSSR count). The molecule has 120 valence electrons. The van der Waals surface area contributed by atoms with Crippen molar-refractivity contribution in [3.05, 3.63) is 23.4 Å². The summed E-state index contributed by atoms with van der Waals surface area (Å²) in [4.78, 5) is 5.62. The van der Waals surface area contributed by atoms with Crippen LogP contribution in [0.2, 0.25) is 0 Å². The van der Waals surface area contributed by atoms with Crippen LogP contribution >= 0.6 is 0 Å². The minimum atomic E-state index is -4.22. The summed E-state index contributed by atoms with van der Waals surface area (Å²) in [6, 6.07) is 3.88. The molecule has 1 heterocycles. The quantitative estimate of drug-likeness (QED) is 0.833. The molecule has 0 spiro atoms. The first-order valence-corrected chi connectivity index (χ1v) is 7.24. The van der Waals surface area contributed by atoms with Gasteiger partial charge < -0.3 is 10.2 Å². The number of halogens is 3. The second kappa shape index (κ2) is 7.64. The molecule has 0 saturated heterocycles. The van der Waals surface area contributed by atoms with Crippen LogP contribution in [0.25, 0.3) is 0 Å². The van der Waals surface area contributed by atoms with E-state index in [9.17, 15) is 13.2 Å². The predicted molar refractivity (Wildman–Crippen MR) is 79.5 cm³/mol. The van der Waals surface area contributed by atoms with Crippen LogP contribution in [0.5, 0.6) is 0 Å². The van der Waals surface area contributed by atoms with E-state index in [1.807, 2.05) is 33.8 Å². The topological polar surface area (TPSA) is 28.2 Å². The second-order valence-corrected chi connectivity index (χ2v) is 5.49. The smallest absolute Gasteiger partial charge is 0.348 e. The summed E-state index contributed by atoms with van der Waals surface area (Å²) in [5.74, 6) is 0.389. The molecule has 6 heteroatoms. The Morgan fingerprint density at radius 1 is 1.29 bits per heavy atom. The number of hydrogen-bond acceptors (Lipinski definition) is 3. The van der Waals surface area contributed by atoms with Crippen LogP contribution in [0.3, 0.4) is 0 Å². The number of rotatable bonds is 7. The number of pyridine rings is 1. The fourth-order valence-electron chi connectivity index (χ4n) is 2.01. The van der Waals surface area contributed by atoms with Gasteiger partial charge >= 0.3 is 6.18 Å². The number of hydrogen-bond donors (Lipinski definition) is 1. The number of aryl methyl sites for hydroxylation is 1. The lowest BCUT2D eigenvalue weighted by Crippen LogP contribution is -2.35. The minimum Gasteiger partial charge on any atom is -0.348 e. The molecule has 1 N–H and O–H groups in total. The highest BCUT2D eigenvalue weighted by atomic mass is 19.4. The van der Waals surface area contributed by atoms with Crippen LogP contribution in [-0.2, 0) is 6.54 Å². The third kappa shape index (κ3) is 6.33. The summed E-state index contributed by atoms with van der Waals surface area (Å²) < 4.78 is 37.9. The van der Waals surface area contributed by atoms with Gasteiger partial charge in [0.25, 0.3) is 0 Å². The summed E-state index contributed by atoms with van der Waals surface area (Å²) in [5.41, 5.74) is 1.78. The van der Waals surface area contributed by atoms with Crippen molar-refractivity contribution in [1.29, 1.82) is 0 Å². The maximum atomic E-state index is 12.6. The van der Waals surface area contributed by atoms with Crippen molar-refractivity contribution < 1.29 is 13.2 Å². The van der Waals surface area contributed by atoms with E-state index < -0.39 is 12.7 Å². The molecule has 1 aromatic heterocycles. The lowest BCUT2D eigenvalue weighted by Gasteiger charge is -2.25. The van der Waals surface area contributed by atoms with Gasteiger partial charge in [-0.25, -0.2) is 4.98 Å². The molecule has 0 fully saturated rings. The van der Waals surface area contributed by atoms with Gasteiger partial charge in [0.15, 0.2) is 0 Å². The van der Waals surface area contributed by atoms with Crippen molar-refractivity contribution in [3.63, 3.8) is 0 Å². The second-order valence-electron chi connectivity index (χ2n) is 5.49. The first-order valence-electron chi connectivity index (χ1n) is 7.24. The molecule has 0 aliphatic heterocycles. The van der Waals surface area contributed by atoms with E-state index in [1.165, 1.54) is 4.90 Å². The lowest BCUT2D eigenvalue weighted by atomic mass is 10.2. The molecular weight excluding hydrogens is 279 g/mol. The fourth-order valence-corrected chi connectivity index (χ4v) is 2.01. The van der Waals surface area contributed by atoms with Crippen molar-refractivity contribution in [2.75, 3.05) is 18.0 Å². The molecule has 0 aliphatic carbocycles. The molecular formula is C15H24F3N3. The summed E-state index contributed by atoms with van der Waals surface area (Å²) >= 11 is 0. The first kappa shape index (κ1) is 17.8. The molecule has 0 saturated carbocycles. The van der Waals surface area contributed by atoms with Gasteiger partial charge in [0.2, 0.25) is 0 Å². The van der Waals surface area contributed by atoms with E-state index in [0.717, 1.165) is 11.3 Å². The third-order valence-corrected chi connectivity index (χ3v) is 3.07. The Bertz CT molecular complexity index is 444. The number of anilines is 1. The Balaban J connectivity index is 2.87. The van der Waals surface area contributed by atoms with Crippen molar-refractivity contribution in [3.8, 4) is 0 Å². The molecule has 1 aromatic rings. The van der Waals surface area contributed by atoms with Crippen LogP contribution in [0.1, 0.15) is 38.4 Å². The zero-order chi connectivity index (χ0) is 16.0. The lowest BCUT2D eigenvalue weighted by molar-refractivity contribution is -0.119. The first-order chi connectivity index (χ1) is 9.73. The summed E-state index contributed by atoms with van der Waals surface area (Å²) in [6.07, 6.45) is -3.57. The predicted octanol–water partition coefficient (Wildman–Crippen LogP) is 3.67. The Morgan fingerprint density at radius 2 is 1.95 bits per heavy atom. The van der Waals surface area contributed by atoms with E-state index in [-0.39, 0.29) is 0 Å². The van der Waals surface area contributed by atoms with Crippen LogP contribution in [0, 0.1) is 6.92 Å². The maximum Gasteiger partial charge on any atom is 0.405 e. The Hall–Kier alpha value is -1.30. The molecule has 0 atom stereocenters. The average molecular weight is 303 g/mol. The Labute approximate surface area is 124 Å². The number of alkyl halides is 3. The maximum absolute atomic E-state index is 12.6. The molecule has 0 amide bonds. The molecule has 0 aromatic carbocycles. The molecule has 0 radical (unpaired) electrons. The summed E-state index contributed by atoms with van der Waals surface area (Å²) in [5, 5.41) is 3.28. The molecule has 0 aliphatic rings. The molecule has 0 bridgehead atoms. The van der Waals surface area contributed by atoms with Gasteiger partial charge in [-0.1, -0.05) is 26.8 Å². The van der Waals surface area contributed by atoms with Gasteiger partial charge in [-0.05, 0) is 25.0 Å². The largest absolute Gasteiger partial charge is 0.405 e. The normalized spacial score (nSPS) is 12.0. The molecule has 0 unspecified atom stereocenters. The minimum absolute atomic E-state index is 0.343. The van der Waals surface area contributed by atoms with E-state index in [1.54, 1.807) is 6.07 Å². The third-order valence-electron chi connectivity index (χ3n) is 3.07. The van der Waals surface area contributed by atoms with Crippen molar-refractivity contribution in [2.45, 2.75) is 52.9 Å². The number of nitrogens with zero attached hydrogens (tertiary/aromatic N) is 2. The van der Waals surface area contributed by atoms with Crippen molar-refractivity contribution in [2.24, 2.45) is 0 Å². The van der Waals surface area contributed by atoms with E-state index in [4.69, 9.17) is 0 Å². The van der Waals surface area contributed by atoms with Crippen LogP contribution < -0.4 is 10.2 Å². The molecule has 3 nitrogen and oxygen atoms in total. The van der Waals surface area contributed by atoms with Crippen LogP contribution in [0.15, 0.2) is 12.1 Å². The van der Waals surface area contributed by atoms with Crippen molar-refractivity contribution in [1.82, 2.24) is 10.3 Å². The van der Waals surface area contributed by atoms with Gasteiger partial charge in [0.1, 0.15) is 12.4 Å². The van der Waals surface area contributed by atoms with Gasteiger partial charge in [0.05, 0.1) is 0 Å². The standard InChI is InChI=1S/C15H24F3N3/c1-5-8-21(10-15(16,17)18)14-7-6-13(12(4)20-14)9-19-11(2)3/h6-7,11,19H,5,8-10H2,1-4H3. The van der Waals surface area contributed by atoms with E-state index in [0.29, 0.717) is 31.4 Å². The van der Waals surface area contributed by atoms with Gasteiger partial charge in [-0.2, -0.15) is 13.2 Å². The summed E-state index contributed by atoms with van der Waals surface area (Å²) in [7, 11) is 0. The highest BCUT2D eigenvalue weighted by molar-refractivity contribution is 5.42. The van der Waals surface area contributed by atoms with E-state index >= 15 is 0 Å². The van der Waals surface area contributed by atoms with Gasteiger partial charge in [0, 0.05) is 24.8 Å². The monoisotopic (exact) mass is 303 g/mol. The zero-order valence-electron chi connectivity index (χ0n) is 13.1.